The molecule has 0 aliphatic rings. The van der Waals surface area contributed by atoms with Crippen molar-refractivity contribution in [1.29, 1.82) is 0 Å². The van der Waals surface area contributed by atoms with Crippen LogP contribution in [0.15, 0.2) is 24.3 Å². The van der Waals surface area contributed by atoms with E-state index in [0.717, 1.165) is 12.1 Å². The second kappa shape index (κ2) is 6.51. The molecule has 0 saturated heterocycles. The van der Waals surface area contributed by atoms with Gasteiger partial charge in [0, 0.05) is 17.3 Å². The number of carbonyl (C=O) groups excluding carboxylic acids is 1. The van der Waals surface area contributed by atoms with Gasteiger partial charge in [-0.3, -0.25) is 4.79 Å². The molecule has 0 aliphatic heterocycles. The summed E-state index contributed by atoms with van der Waals surface area (Å²) in [4.78, 5) is 11.8. The Morgan fingerprint density at radius 3 is 2.50 bits per heavy atom. The zero-order chi connectivity index (χ0) is 12.0. The SMILES string of the molecule is CCC(CNC)C(=O)Nc1ccc(Cl)cc1. The van der Waals surface area contributed by atoms with Crippen molar-refractivity contribution in [2.45, 2.75) is 13.3 Å². The minimum absolute atomic E-state index is 0.000628. The third-order valence-corrected chi connectivity index (χ3v) is 2.68. The van der Waals surface area contributed by atoms with Gasteiger partial charge >= 0.3 is 0 Å². The molecule has 0 saturated carbocycles. The average Bonchev–Trinajstić information content (AvgIpc) is 2.29. The van der Waals surface area contributed by atoms with Crippen LogP contribution in [0.4, 0.5) is 5.69 Å². The highest BCUT2D eigenvalue weighted by Gasteiger charge is 2.15. The molecular formula is C12H17ClN2O. The second-order valence-electron chi connectivity index (χ2n) is 3.66. The van der Waals surface area contributed by atoms with Crippen molar-refractivity contribution < 1.29 is 4.79 Å². The Kier molecular flexibility index (Phi) is 5.29. The van der Waals surface area contributed by atoms with E-state index in [2.05, 4.69) is 10.6 Å². The molecule has 1 amide bonds. The third-order valence-electron chi connectivity index (χ3n) is 2.43. The fourth-order valence-corrected chi connectivity index (χ4v) is 1.57. The summed E-state index contributed by atoms with van der Waals surface area (Å²) < 4.78 is 0. The molecule has 0 aliphatic carbocycles. The van der Waals surface area contributed by atoms with Gasteiger partial charge in [-0.2, -0.15) is 0 Å². The van der Waals surface area contributed by atoms with Gasteiger partial charge in [-0.25, -0.2) is 0 Å². The van der Waals surface area contributed by atoms with Gasteiger partial charge in [-0.05, 0) is 37.7 Å². The van der Waals surface area contributed by atoms with E-state index in [9.17, 15) is 4.79 Å². The molecule has 1 unspecified atom stereocenters. The second-order valence-corrected chi connectivity index (χ2v) is 4.10. The Balaban J connectivity index is 2.59. The lowest BCUT2D eigenvalue weighted by atomic mass is 10.1. The van der Waals surface area contributed by atoms with E-state index >= 15 is 0 Å². The molecule has 0 fully saturated rings. The normalized spacial score (nSPS) is 12.2. The van der Waals surface area contributed by atoms with Crippen LogP contribution < -0.4 is 10.6 Å². The first-order valence-electron chi connectivity index (χ1n) is 5.38. The van der Waals surface area contributed by atoms with Crippen molar-refractivity contribution in [2.24, 2.45) is 5.92 Å². The van der Waals surface area contributed by atoms with Gasteiger partial charge in [-0.1, -0.05) is 18.5 Å². The number of benzene rings is 1. The minimum atomic E-state index is 0.000628. The smallest absolute Gasteiger partial charge is 0.228 e. The summed E-state index contributed by atoms with van der Waals surface area (Å²) in [5, 5.41) is 6.55. The molecule has 2 N–H and O–H groups in total. The van der Waals surface area contributed by atoms with E-state index in [1.54, 1.807) is 24.3 Å². The molecule has 0 spiro atoms. The number of amides is 1. The molecule has 3 nitrogen and oxygen atoms in total. The first-order valence-corrected chi connectivity index (χ1v) is 5.76. The van der Waals surface area contributed by atoms with Gasteiger partial charge in [-0.15, -0.1) is 0 Å². The molecule has 0 heterocycles. The molecule has 4 heteroatoms. The van der Waals surface area contributed by atoms with Crippen LogP contribution in [0.2, 0.25) is 5.02 Å². The lowest BCUT2D eigenvalue weighted by molar-refractivity contribution is -0.119. The van der Waals surface area contributed by atoms with Gasteiger partial charge in [0.15, 0.2) is 0 Å². The van der Waals surface area contributed by atoms with Crippen LogP contribution in [0.1, 0.15) is 13.3 Å². The summed E-state index contributed by atoms with van der Waals surface area (Å²) in [6, 6.07) is 7.12. The predicted octanol–water partition coefficient (Wildman–Crippen LogP) is 2.52. The van der Waals surface area contributed by atoms with Crippen LogP contribution in [0, 0.1) is 5.92 Å². The van der Waals surface area contributed by atoms with Crippen LogP contribution in [0.5, 0.6) is 0 Å². The maximum Gasteiger partial charge on any atom is 0.228 e. The number of hydrogen-bond acceptors (Lipinski definition) is 2. The summed E-state index contributed by atoms with van der Waals surface area (Å²) in [7, 11) is 1.85. The van der Waals surface area contributed by atoms with Gasteiger partial charge in [0.1, 0.15) is 0 Å². The van der Waals surface area contributed by atoms with Crippen LogP contribution in [-0.4, -0.2) is 19.5 Å². The molecular weight excluding hydrogens is 224 g/mol. The predicted molar refractivity (Wildman–Crippen MR) is 67.8 cm³/mol. The summed E-state index contributed by atoms with van der Waals surface area (Å²) in [5.41, 5.74) is 0.781. The quantitative estimate of drug-likeness (QED) is 0.831. The van der Waals surface area contributed by atoms with E-state index in [-0.39, 0.29) is 11.8 Å². The van der Waals surface area contributed by atoms with Crippen molar-refractivity contribution >= 4 is 23.2 Å². The average molecular weight is 241 g/mol. The highest BCUT2D eigenvalue weighted by molar-refractivity contribution is 6.30. The van der Waals surface area contributed by atoms with Gasteiger partial charge in [0.25, 0.3) is 0 Å². The summed E-state index contributed by atoms with van der Waals surface area (Å²) in [5.74, 6) is 0.0415. The lowest BCUT2D eigenvalue weighted by Crippen LogP contribution is -2.30. The number of nitrogens with one attached hydrogen (secondary N) is 2. The summed E-state index contributed by atoms with van der Waals surface area (Å²) in [6.45, 7) is 2.69. The van der Waals surface area contributed by atoms with Gasteiger partial charge in [0.2, 0.25) is 5.91 Å². The standard InChI is InChI=1S/C12H17ClN2O/c1-3-9(8-14-2)12(16)15-11-6-4-10(13)5-7-11/h4-7,9,14H,3,8H2,1-2H3,(H,15,16). The number of halogens is 1. The topological polar surface area (TPSA) is 41.1 Å². The molecule has 0 bridgehead atoms. The molecule has 1 aromatic carbocycles. The van der Waals surface area contributed by atoms with Crippen molar-refractivity contribution in [3.8, 4) is 0 Å². The van der Waals surface area contributed by atoms with E-state index in [1.807, 2.05) is 14.0 Å². The lowest BCUT2D eigenvalue weighted by Gasteiger charge is -2.14. The number of anilines is 1. The van der Waals surface area contributed by atoms with Gasteiger partial charge < -0.3 is 10.6 Å². The van der Waals surface area contributed by atoms with Crippen LogP contribution in [0.25, 0.3) is 0 Å². The van der Waals surface area contributed by atoms with Crippen molar-refractivity contribution in [2.75, 3.05) is 18.9 Å². The molecule has 0 radical (unpaired) electrons. The summed E-state index contributed by atoms with van der Waals surface area (Å²) >= 11 is 5.77. The van der Waals surface area contributed by atoms with Crippen molar-refractivity contribution in [1.82, 2.24) is 5.32 Å². The van der Waals surface area contributed by atoms with E-state index in [0.29, 0.717) is 11.6 Å². The van der Waals surface area contributed by atoms with Crippen LogP contribution in [0.3, 0.4) is 0 Å². The third kappa shape index (κ3) is 3.83. The Hall–Kier alpha value is -1.06. The largest absolute Gasteiger partial charge is 0.326 e. The van der Waals surface area contributed by atoms with Crippen molar-refractivity contribution in [3.05, 3.63) is 29.3 Å². The van der Waals surface area contributed by atoms with Crippen LogP contribution in [-0.2, 0) is 4.79 Å². The van der Waals surface area contributed by atoms with Gasteiger partial charge in [0.05, 0.1) is 5.92 Å². The minimum Gasteiger partial charge on any atom is -0.326 e. The number of rotatable bonds is 5. The Labute approximate surface area is 101 Å². The van der Waals surface area contributed by atoms with Crippen LogP contribution >= 0.6 is 11.6 Å². The number of carbonyl (C=O) groups is 1. The Bertz CT molecular complexity index is 337. The fraction of sp³-hybridized carbons (Fsp3) is 0.417. The maximum atomic E-state index is 11.8. The first-order chi connectivity index (χ1) is 7.67. The van der Waals surface area contributed by atoms with E-state index in [4.69, 9.17) is 11.6 Å². The van der Waals surface area contributed by atoms with E-state index < -0.39 is 0 Å². The molecule has 1 aromatic rings. The zero-order valence-corrected chi connectivity index (χ0v) is 10.3. The highest BCUT2D eigenvalue weighted by atomic mass is 35.5. The van der Waals surface area contributed by atoms with E-state index in [1.165, 1.54) is 0 Å². The Morgan fingerprint density at radius 2 is 2.00 bits per heavy atom. The highest BCUT2D eigenvalue weighted by Crippen LogP contribution is 2.14. The van der Waals surface area contributed by atoms with Crippen molar-refractivity contribution in [3.63, 3.8) is 0 Å². The number of hydrogen-bond donors (Lipinski definition) is 2. The first kappa shape index (κ1) is 13.0. The maximum absolute atomic E-state index is 11.8. The molecule has 1 atom stereocenters. The zero-order valence-electron chi connectivity index (χ0n) is 9.59. The monoisotopic (exact) mass is 240 g/mol. The fourth-order valence-electron chi connectivity index (χ4n) is 1.45. The molecule has 88 valence electrons. The Morgan fingerprint density at radius 1 is 1.38 bits per heavy atom. The summed E-state index contributed by atoms with van der Waals surface area (Å²) in [6.07, 6.45) is 0.820. The molecule has 0 aromatic heterocycles. The molecule has 16 heavy (non-hydrogen) atoms. The molecule has 1 rings (SSSR count).